The van der Waals surface area contributed by atoms with Gasteiger partial charge in [0.1, 0.15) is 17.5 Å². The first kappa shape index (κ1) is 22.6. The van der Waals surface area contributed by atoms with Gasteiger partial charge in [0.25, 0.3) is 11.2 Å². The van der Waals surface area contributed by atoms with Crippen LogP contribution in [0.4, 0.5) is 20.2 Å². The highest BCUT2D eigenvalue weighted by Crippen LogP contribution is 2.23. The summed E-state index contributed by atoms with van der Waals surface area (Å²) >= 11 is 0. The summed E-state index contributed by atoms with van der Waals surface area (Å²) in [6.07, 6.45) is 0. The first-order valence-electron chi connectivity index (χ1n) is 11.1. The van der Waals surface area contributed by atoms with E-state index in [1.54, 1.807) is 24.3 Å². The van der Waals surface area contributed by atoms with Crippen LogP contribution < -0.4 is 10.5 Å². The molecule has 35 heavy (non-hydrogen) atoms. The molecule has 8 nitrogen and oxygen atoms in total. The van der Waals surface area contributed by atoms with Gasteiger partial charge in [0.2, 0.25) is 0 Å². The zero-order valence-corrected chi connectivity index (χ0v) is 18.6. The molecule has 1 saturated heterocycles. The van der Waals surface area contributed by atoms with Crippen molar-refractivity contribution in [2.45, 2.75) is 6.54 Å². The Labute approximate surface area is 198 Å². The molecule has 0 amide bonds. The lowest BCUT2D eigenvalue weighted by molar-refractivity contribution is -0.384. The van der Waals surface area contributed by atoms with Crippen LogP contribution in [0.5, 0.6) is 0 Å². The van der Waals surface area contributed by atoms with E-state index in [0.29, 0.717) is 43.2 Å². The third-order valence-electron chi connectivity index (χ3n) is 6.16. The van der Waals surface area contributed by atoms with Crippen molar-refractivity contribution in [1.82, 2.24) is 14.5 Å². The van der Waals surface area contributed by atoms with Crippen molar-refractivity contribution in [3.63, 3.8) is 0 Å². The van der Waals surface area contributed by atoms with Crippen LogP contribution in [0.25, 0.3) is 16.6 Å². The highest BCUT2D eigenvalue weighted by Gasteiger charge is 2.23. The topological polar surface area (TPSA) is 84.5 Å². The summed E-state index contributed by atoms with van der Waals surface area (Å²) in [5.74, 6) is -0.563. The molecule has 2 heterocycles. The molecule has 0 aliphatic carbocycles. The fourth-order valence-electron chi connectivity index (χ4n) is 4.38. The number of piperazine rings is 1. The van der Waals surface area contributed by atoms with Gasteiger partial charge in [-0.1, -0.05) is 24.3 Å². The summed E-state index contributed by atoms with van der Waals surface area (Å²) in [6, 6.07) is 16.3. The van der Waals surface area contributed by atoms with Crippen molar-refractivity contribution in [3.8, 4) is 5.69 Å². The average molecular weight is 477 g/mol. The van der Waals surface area contributed by atoms with Gasteiger partial charge in [-0.2, -0.15) is 0 Å². The Hall–Kier alpha value is -4.18. The van der Waals surface area contributed by atoms with Crippen LogP contribution in [0.15, 0.2) is 71.5 Å². The molecule has 4 aromatic rings. The van der Waals surface area contributed by atoms with Crippen molar-refractivity contribution in [3.05, 3.63) is 105 Å². The Morgan fingerprint density at radius 1 is 0.886 bits per heavy atom. The van der Waals surface area contributed by atoms with Crippen molar-refractivity contribution in [2.24, 2.45) is 0 Å². The largest absolute Gasteiger partial charge is 0.367 e. The minimum absolute atomic E-state index is 0.0263. The molecule has 178 valence electrons. The lowest BCUT2D eigenvalue weighted by Gasteiger charge is -2.36. The van der Waals surface area contributed by atoms with Crippen molar-refractivity contribution in [1.29, 1.82) is 0 Å². The standard InChI is InChI=1S/C25H21F2N5O3/c26-19-5-1-3-7-22(19)30-13-11-29(12-14-30)16-24-28-21-10-9-17(32(34)35)15-18(21)25(33)31(24)23-8-4-2-6-20(23)27/h1-10,15H,11-14,16H2. The third kappa shape index (κ3) is 4.35. The first-order chi connectivity index (χ1) is 16.9. The number of anilines is 1. The van der Waals surface area contributed by atoms with Crippen LogP contribution in [0, 0.1) is 21.7 Å². The fourth-order valence-corrected chi connectivity index (χ4v) is 4.38. The molecule has 0 atom stereocenters. The normalized spacial score (nSPS) is 14.4. The molecule has 0 bridgehead atoms. The van der Waals surface area contributed by atoms with E-state index < -0.39 is 16.3 Å². The average Bonchev–Trinajstić information content (AvgIpc) is 2.86. The first-order valence-corrected chi connectivity index (χ1v) is 11.1. The Morgan fingerprint density at radius 3 is 2.14 bits per heavy atom. The Morgan fingerprint density at radius 2 is 1.51 bits per heavy atom. The van der Waals surface area contributed by atoms with E-state index in [0.717, 1.165) is 0 Å². The lowest BCUT2D eigenvalue weighted by atomic mass is 10.2. The maximum Gasteiger partial charge on any atom is 0.270 e. The predicted octanol–water partition coefficient (Wildman–Crippen LogP) is 3.89. The third-order valence-corrected chi connectivity index (χ3v) is 6.16. The van der Waals surface area contributed by atoms with Gasteiger partial charge in [-0.05, 0) is 30.3 Å². The number of non-ortho nitro benzene ring substituents is 1. The number of rotatable bonds is 5. The maximum absolute atomic E-state index is 14.7. The number of nitro benzene ring substituents is 1. The maximum atomic E-state index is 14.7. The molecule has 0 N–H and O–H groups in total. The summed E-state index contributed by atoms with van der Waals surface area (Å²) in [4.78, 5) is 32.7. The SMILES string of the molecule is O=c1c2cc([N+](=O)[O-])ccc2nc(CN2CCN(c3ccccc3F)CC2)n1-c1ccccc1F. The molecule has 3 aromatic carbocycles. The van der Waals surface area contributed by atoms with E-state index in [9.17, 15) is 23.7 Å². The number of nitrogens with zero attached hydrogens (tertiary/aromatic N) is 5. The monoisotopic (exact) mass is 477 g/mol. The van der Waals surface area contributed by atoms with Crippen molar-refractivity contribution in [2.75, 3.05) is 31.1 Å². The van der Waals surface area contributed by atoms with Crippen LogP contribution in [0.2, 0.25) is 0 Å². The van der Waals surface area contributed by atoms with E-state index >= 15 is 0 Å². The molecular weight excluding hydrogens is 456 g/mol. The fraction of sp³-hybridized carbons (Fsp3) is 0.200. The number of hydrogen-bond donors (Lipinski definition) is 0. The van der Waals surface area contributed by atoms with E-state index in [4.69, 9.17) is 0 Å². The minimum Gasteiger partial charge on any atom is -0.367 e. The molecule has 0 unspecified atom stereocenters. The highest BCUT2D eigenvalue weighted by atomic mass is 19.1. The molecule has 0 radical (unpaired) electrons. The number of benzene rings is 3. The second-order valence-electron chi connectivity index (χ2n) is 8.29. The number of aromatic nitrogens is 2. The Balaban J connectivity index is 1.51. The highest BCUT2D eigenvalue weighted by molar-refractivity contribution is 5.80. The zero-order valence-electron chi connectivity index (χ0n) is 18.6. The molecule has 5 rings (SSSR count). The summed E-state index contributed by atoms with van der Waals surface area (Å²) in [5, 5.41) is 11.3. The number of halogens is 2. The summed E-state index contributed by atoms with van der Waals surface area (Å²) in [5.41, 5.74) is 0.0460. The van der Waals surface area contributed by atoms with E-state index in [1.807, 2.05) is 4.90 Å². The van der Waals surface area contributed by atoms with Crippen LogP contribution in [0.3, 0.4) is 0 Å². The van der Waals surface area contributed by atoms with Gasteiger partial charge in [-0.15, -0.1) is 0 Å². The molecule has 10 heteroatoms. The van der Waals surface area contributed by atoms with Crippen LogP contribution in [0.1, 0.15) is 5.82 Å². The molecule has 1 fully saturated rings. The number of para-hydroxylation sites is 2. The minimum atomic E-state index is -0.605. The molecule has 1 aromatic heterocycles. The van der Waals surface area contributed by atoms with E-state index in [2.05, 4.69) is 9.88 Å². The Bertz CT molecular complexity index is 1480. The van der Waals surface area contributed by atoms with Crippen molar-refractivity contribution < 1.29 is 13.7 Å². The van der Waals surface area contributed by atoms with Crippen LogP contribution in [-0.4, -0.2) is 45.6 Å². The van der Waals surface area contributed by atoms with Gasteiger partial charge in [0, 0.05) is 38.3 Å². The lowest BCUT2D eigenvalue weighted by Crippen LogP contribution is -2.47. The summed E-state index contributed by atoms with van der Waals surface area (Å²) in [7, 11) is 0. The summed E-state index contributed by atoms with van der Waals surface area (Å²) < 4.78 is 30.1. The summed E-state index contributed by atoms with van der Waals surface area (Å²) in [6.45, 7) is 2.57. The molecule has 1 aliphatic rings. The second kappa shape index (κ2) is 9.22. The van der Waals surface area contributed by atoms with Crippen molar-refractivity contribution >= 4 is 22.3 Å². The van der Waals surface area contributed by atoms with Crippen LogP contribution in [-0.2, 0) is 6.54 Å². The van der Waals surface area contributed by atoms with Gasteiger partial charge >= 0.3 is 0 Å². The van der Waals surface area contributed by atoms with E-state index in [-0.39, 0.29) is 29.1 Å². The molecule has 0 spiro atoms. The predicted molar refractivity (Wildman–Crippen MR) is 128 cm³/mol. The van der Waals surface area contributed by atoms with Crippen LogP contribution >= 0.6 is 0 Å². The molecule has 0 saturated carbocycles. The number of hydrogen-bond acceptors (Lipinski definition) is 6. The molecular formula is C25H21F2N5O3. The van der Waals surface area contributed by atoms with E-state index in [1.165, 1.54) is 47.0 Å². The smallest absolute Gasteiger partial charge is 0.270 e. The van der Waals surface area contributed by atoms with Gasteiger partial charge in [-0.3, -0.25) is 24.4 Å². The van der Waals surface area contributed by atoms with Gasteiger partial charge < -0.3 is 4.90 Å². The molecule has 1 aliphatic heterocycles. The second-order valence-corrected chi connectivity index (χ2v) is 8.29. The number of fused-ring (bicyclic) bond motifs is 1. The Kier molecular flexibility index (Phi) is 5.96. The zero-order chi connectivity index (χ0) is 24.5. The quantitative estimate of drug-likeness (QED) is 0.320. The van der Waals surface area contributed by atoms with Gasteiger partial charge in [0.15, 0.2) is 0 Å². The van der Waals surface area contributed by atoms with Gasteiger partial charge in [-0.25, -0.2) is 13.8 Å². The van der Waals surface area contributed by atoms with Gasteiger partial charge in [0.05, 0.1) is 33.7 Å². The number of nitro groups is 1.